The van der Waals surface area contributed by atoms with E-state index in [9.17, 15) is 10.1 Å². The highest BCUT2D eigenvalue weighted by Crippen LogP contribution is 2.38. The van der Waals surface area contributed by atoms with Crippen molar-refractivity contribution < 1.29 is 4.92 Å². The Kier molecular flexibility index (Phi) is 6.54. The number of aromatic amines is 1. The molecule has 152 valence electrons. The minimum absolute atomic E-state index is 0.116. The molecule has 0 saturated heterocycles. The van der Waals surface area contributed by atoms with Crippen LogP contribution < -0.4 is 4.90 Å². The van der Waals surface area contributed by atoms with Gasteiger partial charge in [-0.1, -0.05) is 57.0 Å². The molecule has 0 unspecified atom stereocenters. The van der Waals surface area contributed by atoms with Gasteiger partial charge in [0.1, 0.15) is 5.69 Å². The predicted molar refractivity (Wildman–Crippen MR) is 114 cm³/mol. The molecule has 0 aliphatic heterocycles. The highest BCUT2D eigenvalue weighted by atomic mass is 16.6. The van der Waals surface area contributed by atoms with Gasteiger partial charge in [0, 0.05) is 24.7 Å². The number of benzene rings is 2. The summed E-state index contributed by atoms with van der Waals surface area (Å²) in [6, 6.07) is 13.3. The molecule has 0 atom stereocenters. The number of rotatable bonds is 5. The quantitative estimate of drug-likeness (QED) is 0.490. The smallest absolute Gasteiger partial charge is 0.293 e. The van der Waals surface area contributed by atoms with E-state index in [-0.39, 0.29) is 10.6 Å². The maximum Gasteiger partial charge on any atom is 0.293 e. The van der Waals surface area contributed by atoms with E-state index in [2.05, 4.69) is 25.5 Å². The Bertz CT molecular complexity index is 952. The van der Waals surface area contributed by atoms with Crippen molar-refractivity contribution in [2.24, 2.45) is 0 Å². The van der Waals surface area contributed by atoms with Crippen LogP contribution >= 0.6 is 0 Å². The molecular weight excluding hydrogens is 368 g/mol. The van der Waals surface area contributed by atoms with Gasteiger partial charge in [-0.3, -0.25) is 10.1 Å². The topological polar surface area (TPSA) is 101 Å². The number of H-pyrrole nitrogens is 1. The molecule has 0 bridgehead atoms. The summed E-state index contributed by atoms with van der Waals surface area (Å²) in [6.45, 7) is 4.00. The zero-order valence-electron chi connectivity index (χ0n) is 17.0. The molecule has 1 aromatic heterocycles. The van der Waals surface area contributed by atoms with Gasteiger partial charge in [0.2, 0.25) is 5.82 Å². The molecule has 4 rings (SSSR count). The lowest BCUT2D eigenvalue weighted by Crippen LogP contribution is -2.29. The highest BCUT2D eigenvalue weighted by molar-refractivity contribution is 5.83. The Morgan fingerprint density at radius 2 is 1.79 bits per heavy atom. The monoisotopic (exact) mass is 394 g/mol. The molecule has 1 heterocycles. The normalized spacial score (nSPS) is 13.6. The Labute approximate surface area is 170 Å². The molecule has 0 radical (unpaired) electrons. The summed E-state index contributed by atoms with van der Waals surface area (Å²) in [5.41, 5.74) is 3.14. The van der Waals surface area contributed by atoms with Crippen molar-refractivity contribution in [1.29, 1.82) is 0 Å². The van der Waals surface area contributed by atoms with Crippen molar-refractivity contribution in [2.45, 2.75) is 45.6 Å². The molecule has 3 aromatic rings. The first kappa shape index (κ1) is 20.4. The van der Waals surface area contributed by atoms with Gasteiger partial charge in [-0.15, -0.1) is 10.2 Å². The maximum atomic E-state index is 11.8. The van der Waals surface area contributed by atoms with Crippen LogP contribution in [0.3, 0.4) is 0 Å². The second-order valence-corrected chi connectivity index (χ2v) is 6.79. The largest absolute Gasteiger partial charge is 0.366 e. The summed E-state index contributed by atoms with van der Waals surface area (Å²) >= 11 is 0. The minimum Gasteiger partial charge on any atom is -0.366 e. The van der Waals surface area contributed by atoms with E-state index in [1.165, 1.54) is 12.8 Å². The number of nitrogens with one attached hydrogen (secondary N) is 1. The molecule has 0 spiro atoms. The van der Waals surface area contributed by atoms with Gasteiger partial charge in [-0.2, -0.15) is 5.21 Å². The van der Waals surface area contributed by atoms with E-state index < -0.39 is 0 Å². The predicted octanol–water partition coefficient (Wildman–Crippen LogP) is 4.85. The van der Waals surface area contributed by atoms with E-state index >= 15 is 0 Å². The second kappa shape index (κ2) is 9.27. The number of hydrogen-bond acceptors (Lipinski definition) is 6. The fourth-order valence-electron chi connectivity index (χ4n) is 3.83. The number of nitrogens with zero attached hydrogens (tertiary/aromatic N) is 5. The Balaban J connectivity index is 0.00000117. The summed E-state index contributed by atoms with van der Waals surface area (Å²) in [7, 11) is 1.95. The van der Waals surface area contributed by atoms with Crippen LogP contribution in [0.15, 0.2) is 42.5 Å². The van der Waals surface area contributed by atoms with E-state index in [1.54, 1.807) is 6.07 Å². The first-order chi connectivity index (χ1) is 14.1. The summed E-state index contributed by atoms with van der Waals surface area (Å²) in [4.78, 5) is 13.5. The van der Waals surface area contributed by atoms with Crippen LogP contribution in [0.4, 0.5) is 11.4 Å². The van der Waals surface area contributed by atoms with Crippen molar-refractivity contribution in [3.63, 3.8) is 0 Å². The van der Waals surface area contributed by atoms with E-state index in [4.69, 9.17) is 0 Å². The molecule has 1 aliphatic rings. The first-order valence-corrected chi connectivity index (χ1v) is 9.99. The molecule has 8 nitrogen and oxygen atoms in total. The third kappa shape index (κ3) is 4.26. The Morgan fingerprint density at radius 3 is 2.41 bits per heavy atom. The van der Waals surface area contributed by atoms with Crippen LogP contribution in [0.25, 0.3) is 22.5 Å². The van der Waals surface area contributed by atoms with E-state index in [0.29, 0.717) is 17.6 Å². The number of nitro benzene ring substituents is 1. The van der Waals surface area contributed by atoms with Gasteiger partial charge in [0.15, 0.2) is 0 Å². The Hall–Kier alpha value is -3.29. The molecule has 1 N–H and O–H groups in total. The maximum absolute atomic E-state index is 11.8. The molecule has 0 amide bonds. The lowest BCUT2D eigenvalue weighted by atomic mass is 9.98. The highest BCUT2D eigenvalue weighted by Gasteiger charge is 2.26. The third-order valence-corrected chi connectivity index (χ3v) is 5.25. The van der Waals surface area contributed by atoms with Crippen molar-refractivity contribution in [1.82, 2.24) is 20.6 Å². The van der Waals surface area contributed by atoms with Crippen LogP contribution in [-0.2, 0) is 0 Å². The average molecular weight is 394 g/mol. The van der Waals surface area contributed by atoms with E-state index in [1.807, 2.05) is 57.3 Å². The van der Waals surface area contributed by atoms with Crippen molar-refractivity contribution in [3.8, 4) is 22.5 Å². The standard InChI is InChI=1S/C19H20N6O2.C2H6/c1-24(14-6-2-3-7-14)17-11-10-13(12-18(17)25(26)27)15-8-4-5-9-16(15)19-20-22-23-21-19;1-2/h4-5,8-12,14H,2-3,6-7H2,1H3,(H,20,21,22,23);1-2H3. The van der Waals surface area contributed by atoms with E-state index in [0.717, 1.165) is 29.5 Å². The average Bonchev–Trinajstić information content (AvgIpc) is 3.48. The molecule has 1 fully saturated rings. The lowest BCUT2D eigenvalue weighted by Gasteiger charge is -2.26. The summed E-state index contributed by atoms with van der Waals surface area (Å²) < 4.78 is 0. The zero-order valence-corrected chi connectivity index (χ0v) is 17.0. The second-order valence-electron chi connectivity index (χ2n) is 6.79. The van der Waals surface area contributed by atoms with Gasteiger partial charge in [0.05, 0.1) is 4.92 Å². The summed E-state index contributed by atoms with van der Waals surface area (Å²) in [5.74, 6) is 0.459. The van der Waals surface area contributed by atoms with Crippen molar-refractivity contribution >= 4 is 11.4 Å². The van der Waals surface area contributed by atoms with Gasteiger partial charge in [-0.25, -0.2) is 0 Å². The molecule has 1 aliphatic carbocycles. The van der Waals surface area contributed by atoms with Gasteiger partial charge in [0.25, 0.3) is 5.69 Å². The molecule has 8 heteroatoms. The van der Waals surface area contributed by atoms with Crippen molar-refractivity contribution in [3.05, 3.63) is 52.6 Å². The van der Waals surface area contributed by atoms with Gasteiger partial charge >= 0.3 is 0 Å². The first-order valence-electron chi connectivity index (χ1n) is 9.99. The minimum atomic E-state index is -0.304. The number of tetrazole rings is 1. The van der Waals surface area contributed by atoms with Gasteiger partial charge in [-0.05, 0) is 35.2 Å². The molecule has 2 aromatic carbocycles. The third-order valence-electron chi connectivity index (χ3n) is 5.25. The van der Waals surface area contributed by atoms with Crippen molar-refractivity contribution in [2.75, 3.05) is 11.9 Å². The summed E-state index contributed by atoms with van der Waals surface area (Å²) in [5, 5.41) is 25.9. The number of hydrogen-bond donors (Lipinski definition) is 1. The lowest BCUT2D eigenvalue weighted by molar-refractivity contribution is -0.384. The SMILES string of the molecule is CC.CN(c1ccc(-c2ccccc2-c2nn[nH]n2)cc1[N+](=O)[O-])C1CCCC1. The fraction of sp³-hybridized carbons (Fsp3) is 0.381. The number of aromatic nitrogens is 4. The summed E-state index contributed by atoms with van der Waals surface area (Å²) in [6.07, 6.45) is 4.52. The van der Waals surface area contributed by atoms with Crippen LogP contribution in [0.5, 0.6) is 0 Å². The molecule has 1 saturated carbocycles. The number of anilines is 1. The van der Waals surface area contributed by atoms with Crippen LogP contribution in [-0.4, -0.2) is 38.6 Å². The van der Waals surface area contributed by atoms with Crippen LogP contribution in [0, 0.1) is 10.1 Å². The molecule has 29 heavy (non-hydrogen) atoms. The molecular formula is C21H26N6O2. The number of nitro groups is 1. The fourth-order valence-corrected chi connectivity index (χ4v) is 3.83. The zero-order chi connectivity index (χ0) is 20.8. The van der Waals surface area contributed by atoms with Crippen LogP contribution in [0.2, 0.25) is 0 Å². The Morgan fingerprint density at radius 1 is 1.10 bits per heavy atom. The van der Waals surface area contributed by atoms with Crippen LogP contribution in [0.1, 0.15) is 39.5 Å². The van der Waals surface area contributed by atoms with Gasteiger partial charge < -0.3 is 4.90 Å².